The number of rotatable bonds is 8. The van der Waals surface area contributed by atoms with E-state index in [4.69, 9.17) is 14.2 Å². The molecule has 0 amide bonds. The SMILES string of the molecule is CCCOc1c(/C=C(\C(=O)O)c2cccc(OC)c2)cccc1OC. The minimum Gasteiger partial charge on any atom is -0.497 e. The molecule has 0 aromatic heterocycles. The van der Waals surface area contributed by atoms with Crippen LogP contribution in [0.15, 0.2) is 42.5 Å². The summed E-state index contributed by atoms with van der Waals surface area (Å²) in [6.45, 7) is 2.52. The highest BCUT2D eigenvalue weighted by molar-refractivity contribution is 6.21. The number of aliphatic carboxylic acids is 1. The van der Waals surface area contributed by atoms with Gasteiger partial charge in [-0.25, -0.2) is 4.79 Å². The fourth-order valence-electron chi connectivity index (χ4n) is 2.38. The lowest BCUT2D eigenvalue weighted by atomic mass is 10.0. The van der Waals surface area contributed by atoms with Gasteiger partial charge in [0.25, 0.3) is 0 Å². The lowest BCUT2D eigenvalue weighted by Gasteiger charge is -2.13. The van der Waals surface area contributed by atoms with E-state index in [0.29, 0.717) is 35.0 Å². The molecule has 2 rings (SSSR count). The van der Waals surface area contributed by atoms with E-state index in [1.54, 1.807) is 62.8 Å². The molecule has 0 saturated heterocycles. The highest BCUT2D eigenvalue weighted by atomic mass is 16.5. The Morgan fingerprint density at radius 3 is 2.52 bits per heavy atom. The fourth-order valence-corrected chi connectivity index (χ4v) is 2.38. The first-order chi connectivity index (χ1) is 12.1. The van der Waals surface area contributed by atoms with Crippen LogP contribution in [0, 0.1) is 0 Å². The maximum Gasteiger partial charge on any atom is 0.336 e. The number of benzene rings is 2. The molecule has 0 aliphatic heterocycles. The van der Waals surface area contributed by atoms with Gasteiger partial charge in [0, 0.05) is 5.56 Å². The summed E-state index contributed by atoms with van der Waals surface area (Å²) >= 11 is 0. The molecule has 0 heterocycles. The molecule has 0 fully saturated rings. The average molecular weight is 342 g/mol. The Morgan fingerprint density at radius 1 is 1.12 bits per heavy atom. The van der Waals surface area contributed by atoms with E-state index >= 15 is 0 Å². The molecule has 25 heavy (non-hydrogen) atoms. The molecule has 0 aliphatic rings. The van der Waals surface area contributed by atoms with Crippen LogP contribution >= 0.6 is 0 Å². The highest BCUT2D eigenvalue weighted by Crippen LogP contribution is 2.34. The van der Waals surface area contributed by atoms with Gasteiger partial charge in [0.1, 0.15) is 5.75 Å². The van der Waals surface area contributed by atoms with Crippen LogP contribution in [0.3, 0.4) is 0 Å². The number of carboxylic acids is 1. The van der Waals surface area contributed by atoms with E-state index in [1.165, 1.54) is 0 Å². The first-order valence-corrected chi connectivity index (χ1v) is 8.00. The quantitative estimate of drug-likeness (QED) is 0.577. The standard InChI is InChI=1S/C20H22O5/c1-4-11-25-19-15(8-6-10-18(19)24-3)13-17(20(21)22)14-7-5-9-16(12-14)23-2/h5-10,12-13H,4,11H2,1-3H3,(H,21,22)/b17-13-. The minimum atomic E-state index is -1.03. The van der Waals surface area contributed by atoms with Crippen LogP contribution in [-0.2, 0) is 4.79 Å². The van der Waals surface area contributed by atoms with Crippen molar-refractivity contribution < 1.29 is 24.1 Å². The maximum absolute atomic E-state index is 11.8. The molecule has 2 aromatic carbocycles. The molecule has 132 valence electrons. The van der Waals surface area contributed by atoms with Crippen LogP contribution in [0.25, 0.3) is 11.6 Å². The number of hydrogen-bond acceptors (Lipinski definition) is 4. The zero-order chi connectivity index (χ0) is 18.2. The van der Waals surface area contributed by atoms with Gasteiger partial charge in [-0.05, 0) is 36.3 Å². The molecule has 0 unspecified atom stereocenters. The Balaban J connectivity index is 2.55. The molecular formula is C20H22O5. The zero-order valence-corrected chi connectivity index (χ0v) is 14.6. The molecular weight excluding hydrogens is 320 g/mol. The van der Waals surface area contributed by atoms with E-state index in [0.717, 1.165) is 6.42 Å². The third kappa shape index (κ3) is 4.53. The summed E-state index contributed by atoms with van der Waals surface area (Å²) in [5.74, 6) is 0.668. The summed E-state index contributed by atoms with van der Waals surface area (Å²) in [6.07, 6.45) is 2.42. The molecule has 2 aromatic rings. The molecule has 0 atom stereocenters. The van der Waals surface area contributed by atoms with Crippen molar-refractivity contribution in [1.82, 2.24) is 0 Å². The van der Waals surface area contributed by atoms with Gasteiger partial charge in [0.15, 0.2) is 11.5 Å². The van der Waals surface area contributed by atoms with Crippen molar-refractivity contribution in [1.29, 1.82) is 0 Å². The summed E-state index contributed by atoms with van der Waals surface area (Å²) in [7, 11) is 3.10. The first-order valence-electron chi connectivity index (χ1n) is 8.00. The van der Waals surface area contributed by atoms with Crippen LogP contribution in [0.5, 0.6) is 17.2 Å². The van der Waals surface area contributed by atoms with Crippen LogP contribution in [0.2, 0.25) is 0 Å². The summed E-state index contributed by atoms with van der Waals surface area (Å²) in [6, 6.07) is 12.3. The monoisotopic (exact) mass is 342 g/mol. The van der Waals surface area contributed by atoms with Crippen LogP contribution in [0.1, 0.15) is 24.5 Å². The Labute approximate surface area is 147 Å². The largest absolute Gasteiger partial charge is 0.497 e. The van der Waals surface area contributed by atoms with E-state index < -0.39 is 5.97 Å². The van der Waals surface area contributed by atoms with Gasteiger partial charge >= 0.3 is 5.97 Å². The van der Waals surface area contributed by atoms with Crippen molar-refractivity contribution in [3.8, 4) is 17.2 Å². The third-order valence-electron chi connectivity index (χ3n) is 3.59. The van der Waals surface area contributed by atoms with Gasteiger partial charge < -0.3 is 19.3 Å². The second-order valence-electron chi connectivity index (χ2n) is 5.32. The van der Waals surface area contributed by atoms with Crippen LogP contribution in [-0.4, -0.2) is 31.9 Å². The summed E-state index contributed by atoms with van der Waals surface area (Å²) in [4.78, 5) is 11.8. The second-order valence-corrected chi connectivity index (χ2v) is 5.32. The average Bonchev–Trinajstić information content (AvgIpc) is 2.64. The lowest BCUT2D eigenvalue weighted by Crippen LogP contribution is -2.02. The highest BCUT2D eigenvalue weighted by Gasteiger charge is 2.15. The number of methoxy groups -OCH3 is 2. The van der Waals surface area contributed by atoms with Crippen molar-refractivity contribution in [2.45, 2.75) is 13.3 Å². The zero-order valence-electron chi connectivity index (χ0n) is 14.6. The van der Waals surface area contributed by atoms with Gasteiger partial charge in [0.05, 0.1) is 26.4 Å². The Bertz CT molecular complexity index is 764. The van der Waals surface area contributed by atoms with E-state index in [9.17, 15) is 9.90 Å². The summed E-state index contributed by atoms with van der Waals surface area (Å²) < 4.78 is 16.3. The smallest absolute Gasteiger partial charge is 0.336 e. The predicted molar refractivity (Wildman–Crippen MR) is 97.3 cm³/mol. The Kier molecular flexibility index (Phi) is 6.46. The van der Waals surface area contributed by atoms with E-state index in [2.05, 4.69) is 0 Å². The van der Waals surface area contributed by atoms with E-state index in [1.807, 2.05) is 6.92 Å². The second kappa shape index (κ2) is 8.78. The fraction of sp³-hybridized carbons (Fsp3) is 0.250. The van der Waals surface area contributed by atoms with Crippen molar-refractivity contribution in [2.24, 2.45) is 0 Å². The Morgan fingerprint density at radius 2 is 1.88 bits per heavy atom. The maximum atomic E-state index is 11.8. The van der Waals surface area contributed by atoms with Gasteiger partial charge in [-0.1, -0.05) is 31.2 Å². The molecule has 0 bridgehead atoms. The molecule has 0 saturated carbocycles. The molecule has 0 spiro atoms. The molecule has 0 aliphatic carbocycles. The van der Waals surface area contributed by atoms with Crippen molar-refractivity contribution in [3.05, 3.63) is 53.6 Å². The van der Waals surface area contributed by atoms with Gasteiger partial charge in [-0.3, -0.25) is 0 Å². The number of ether oxygens (including phenoxy) is 3. The normalized spacial score (nSPS) is 11.1. The molecule has 0 radical (unpaired) electrons. The third-order valence-corrected chi connectivity index (χ3v) is 3.59. The van der Waals surface area contributed by atoms with Crippen LogP contribution in [0.4, 0.5) is 0 Å². The first kappa shape index (κ1) is 18.4. The molecule has 1 N–H and O–H groups in total. The number of para-hydroxylation sites is 1. The number of carboxylic acid groups (broad SMARTS) is 1. The van der Waals surface area contributed by atoms with Crippen molar-refractivity contribution in [2.75, 3.05) is 20.8 Å². The van der Waals surface area contributed by atoms with Crippen molar-refractivity contribution in [3.63, 3.8) is 0 Å². The van der Waals surface area contributed by atoms with Crippen molar-refractivity contribution >= 4 is 17.6 Å². The van der Waals surface area contributed by atoms with Crippen LogP contribution < -0.4 is 14.2 Å². The van der Waals surface area contributed by atoms with Gasteiger partial charge in [-0.2, -0.15) is 0 Å². The minimum absolute atomic E-state index is 0.147. The molecule has 5 heteroatoms. The van der Waals surface area contributed by atoms with E-state index in [-0.39, 0.29) is 5.57 Å². The Hall–Kier alpha value is -2.95. The topological polar surface area (TPSA) is 65.0 Å². The summed E-state index contributed by atoms with van der Waals surface area (Å²) in [5.41, 5.74) is 1.35. The number of hydrogen-bond donors (Lipinski definition) is 1. The predicted octanol–water partition coefficient (Wildman–Crippen LogP) is 4.12. The van der Waals surface area contributed by atoms with Gasteiger partial charge in [0.2, 0.25) is 0 Å². The molecule has 5 nitrogen and oxygen atoms in total. The van der Waals surface area contributed by atoms with Gasteiger partial charge in [-0.15, -0.1) is 0 Å². The number of carbonyl (C=O) groups is 1. The summed E-state index contributed by atoms with van der Waals surface area (Å²) in [5, 5.41) is 9.66. The lowest BCUT2D eigenvalue weighted by molar-refractivity contribution is -0.130.